The van der Waals surface area contributed by atoms with Gasteiger partial charge < -0.3 is 0 Å². The van der Waals surface area contributed by atoms with E-state index in [1.54, 1.807) is 6.07 Å². The third-order valence-corrected chi connectivity index (χ3v) is 2.03. The maximum atomic E-state index is 8.73. The summed E-state index contributed by atoms with van der Waals surface area (Å²) >= 11 is 0. The standard InChI is InChI=1S/C10H8N/c11-7-9-3-1-2-4-10(9)8-5-6-8/h1,3-4,8H,5-6H2. The van der Waals surface area contributed by atoms with E-state index in [0.29, 0.717) is 5.92 Å². The van der Waals surface area contributed by atoms with Crippen LogP contribution in [0.3, 0.4) is 0 Å². The van der Waals surface area contributed by atoms with E-state index in [1.807, 2.05) is 12.1 Å². The zero-order chi connectivity index (χ0) is 7.68. The Bertz CT molecular complexity index is 305. The van der Waals surface area contributed by atoms with Crippen molar-refractivity contribution in [2.45, 2.75) is 18.8 Å². The highest BCUT2D eigenvalue weighted by Crippen LogP contribution is 2.41. The van der Waals surface area contributed by atoms with Crippen LogP contribution in [0.5, 0.6) is 0 Å². The van der Waals surface area contributed by atoms with Gasteiger partial charge in [0.25, 0.3) is 0 Å². The number of hydrogen-bond acceptors (Lipinski definition) is 1. The first-order valence-corrected chi connectivity index (χ1v) is 3.82. The van der Waals surface area contributed by atoms with E-state index in [0.717, 1.165) is 5.56 Å². The van der Waals surface area contributed by atoms with Gasteiger partial charge in [0.1, 0.15) is 0 Å². The minimum absolute atomic E-state index is 0.655. The molecule has 1 aromatic rings. The molecule has 0 spiro atoms. The fourth-order valence-corrected chi connectivity index (χ4v) is 1.28. The van der Waals surface area contributed by atoms with Gasteiger partial charge >= 0.3 is 0 Å². The van der Waals surface area contributed by atoms with Gasteiger partial charge in [-0.15, -0.1) is 0 Å². The Balaban J connectivity index is 2.44. The van der Waals surface area contributed by atoms with E-state index in [2.05, 4.69) is 12.1 Å². The quantitative estimate of drug-likeness (QED) is 0.589. The van der Waals surface area contributed by atoms with Crippen molar-refractivity contribution in [1.82, 2.24) is 0 Å². The second kappa shape index (κ2) is 2.39. The fraction of sp³-hybridized carbons (Fsp3) is 0.300. The minimum Gasteiger partial charge on any atom is -0.192 e. The molecule has 1 nitrogen and oxygen atoms in total. The summed E-state index contributed by atoms with van der Waals surface area (Å²) < 4.78 is 0. The van der Waals surface area contributed by atoms with Crippen molar-refractivity contribution < 1.29 is 0 Å². The van der Waals surface area contributed by atoms with E-state index in [4.69, 9.17) is 5.26 Å². The molecule has 1 radical (unpaired) electrons. The lowest BCUT2D eigenvalue weighted by Gasteiger charge is -1.97. The molecular formula is C10H8N. The van der Waals surface area contributed by atoms with Crippen molar-refractivity contribution in [3.05, 3.63) is 35.4 Å². The lowest BCUT2D eigenvalue weighted by Crippen LogP contribution is -1.84. The molecule has 1 aliphatic carbocycles. The molecular weight excluding hydrogens is 134 g/mol. The minimum atomic E-state index is 0.655. The molecule has 0 heterocycles. The largest absolute Gasteiger partial charge is 0.192 e. The number of hydrogen-bond donors (Lipinski definition) is 0. The van der Waals surface area contributed by atoms with Crippen LogP contribution in [0, 0.1) is 17.4 Å². The van der Waals surface area contributed by atoms with E-state index in [-0.39, 0.29) is 0 Å². The molecule has 1 heteroatoms. The summed E-state index contributed by atoms with van der Waals surface area (Å²) in [5, 5.41) is 8.73. The van der Waals surface area contributed by atoms with Crippen LogP contribution in [0.4, 0.5) is 0 Å². The first-order valence-electron chi connectivity index (χ1n) is 3.82. The third kappa shape index (κ3) is 1.12. The first-order chi connectivity index (χ1) is 5.42. The molecule has 1 fully saturated rings. The smallest absolute Gasteiger partial charge is 0.0994 e. The van der Waals surface area contributed by atoms with E-state index in [9.17, 15) is 0 Å². The zero-order valence-corrected chi connectivity index (χ0v) is 6.17. The predicted octanol–water partition coefficient (Wildman–Crippen LogP) is 2.24. The predicted molar refractivity (Wildman–Crippen MR) is 42.0 cm³/mol. The molecule has 0 N–H and O–H groups in total. The second-order valence-electron chi connectivity index (χ2n) is 2.90. The Labute approximate surface area is 66.3 Å². The molecule has 0 atom stereocenters. The topological polar surface area (TPSA) is 23.8 Å². The molecule has 11 heavy (non-hydrogen) atoms. The Morgan fingerprint density at radius 1 is 1.55 bits per heavy atom. The highest BCUT2D eigenvalue weighted by molar-refractivity contribution is 5.40. The monoisotopic (exact) mass is 142 g/mol. The molecule has 0 saturated heterocycles. The van der Waals surface area contributed by atoms with E-state index in [1.165, 1.54) is 18.4 Å². The van der Waals surface area contributed by atoms with Gasteiger partial charge in [-0.3, -0.25) is 0 Å². The maximum Gasteiger partial charge on any atom is 0.0994 e. The summed E-state index contributed by atoms with van der Waals surface area (Å²) in [4.78, 5) is 0. The molecule has 2 rings (SSSR count). The van der Waals surface area contributed by atoms with Gasteiger partial charge in [-0.25, -0.2) is 0 Å². The van der Waals surface area contributed by atoms with Crippen LogP contribution in [0.25, 0.3) is 0 Å². The second-order valence-corrected chi connectivity index (χ2v) is 2.90. The van der Waals surface area contributed by atoms with Gasteiger partial charge in [0.05, 0.1) is 11.6 Å². The molecule has 0 amide bonds. The van der Waals surface area contributed by atoms with Crippen molar-refractivity contribution >= 4 is 0 Å². The molecule has 0 bridgehead atoms. The van der Waals surface area contributed by atoms with Crippen LogP contribution in [-0.4, -0.2) is 0 Å². The third-order valence-electron chi connectivity index (χ3n) is 2.03. The van der Waals surface area contributed by atoms with Gasteiger partial charge in [-0.05, 0) is 42.5 Å². The Kier molecular flexibility index (Phi) is 1.40. The summed E-state index contributed by atoms with van der Waals surface area (Å²) in [5.74, 6) is 0.655. The lowest BCUT2D eigenvalue weighted by atomic mass is 10.0. The molecule has 53 valence electrons. The van der Waals surface area contributed by atoms with Crippen molar-refractivity contribution in [2.24, 2.45) is 0 Å². The number of nitriles is 1. The Morgan fingerprint density at radius 3 is 3.00 bits per heavy atom. The first kappa shape index (κ1) is 6.42. The molecule has 0 unspecified atom stereocenters. The lowest BCUT2D eigenvalue weighted by molar-refractivity contribution is 1.12. The van der Waals surface area contributed by atoms with Crippen molar-refractivity contribution in [1.29, 1.82) is 5.26 Å². The fourth-order valence-electron chi connectivity index (χ4n) is 1.28. The van der Waals surface area contributed by atoms with Crippen LogP contribution in [0.1, 0.15) is 29.9 Å². The number of nitrogens with zero attached hydrogens (tertiary/aromatic N) is 1. The maximum absolute atomic E-state index is 8.73. The van der Waals surface area contributed by atoms with Gasteiger partial charge in [0, 0.05) is 0 Å². The summed E-state index contributed by atoms with van der Waals surface area (Å²) in [7, 11) is 0. The Morgan fingerprint density at radius 2 is 2.36 bits per heavy atom. The molecule has 0 aliphatic heterocycles. The van der Waals surface area contributed by atoms with E-state index < -0.39 is 0 Å². The normalized spacial score (nSPS) is 15.9. The highest BCUT2D eigenvalue weighted by atomic mass is 14.3. The Hall–Kier alpha value is -1.29. The molecule has 1 saturated carbocycles. The molecule has 0 aromatic heterocycles. The van der Waals surface area contributed by atoms with Gasteiger partial charge in [0.2, 0.25) is 0 Å². The van der Waals surface area contributed by atoms with Crippen molar-refractivity contribution in [3.63, 3.8) is 0 Å². The summed E-state index contributed by atoms with van der Waals surface area (Å²) in [6.07, 6.45) is 2.49. The van der Waals surface area contributed by atoms with Crippen LogP contribution in [0.15, 0.2) is 18.2 Å². The summed E-state index contributed by atoms with van der Waals surface area (Å²) in [5.41, 5.74) is 2.02. The van der Waals surface area contributed by atoms with E-state index >= 15 is 0 Å². The van der Waals surface area contributed by atoms with Crippen molar-refractivity contribution in [2.75, 3.05) is 0 Å². The average molecular weight is 142 g/mol. The van der Waals surface area contributed by atoms with Crippen LogP contribution in [0.2, 0.25) is 0 Å². The summed E-state index contributed by atoms with van der Waals surface area (Å²) in [6.45, 7) is 0. The zero-order valence-electron chi connectivity index (χ0n) is 6.17. The SMILES string of the molecule is N#Cc1cc[c]cc1C1CC1. The number of rotatable bonds is 1. The average Bonchev–Trinajstić information content (AvgIpc) is 2.87. The summed E-state index contributed by atoms with van der Waals surface area (Å²) in [6, 6.07) is 10.8. The van der Waals surface area contributed by atoms with Crippen molar-refractivity contribution in [3.8, 4) is 6.07 Å². The highest BCUT2D eigenvalue weighted by Gasteiger charge is 2.25. The molecule has 1 aliphatic rings. The van der Waals surface area contributed by atoms with Gasteiger partial charge in [0.15, 0.2) is 0 Å². The van der Waals surface area contributed by atoms with Crippen LogP contribution >= 0.6 is 0 Å². The number of benzene rings is 1. The van der Waals surface area contributed by atoms with Gasteiger partial charge in [-0.2, -0.15) is 5.26 Å². The van der Waals surface area contributed by atoms with Crippen LogP contribution in [-0.2, 0) is 0 Å². The van der Waals surface area contributed by atoms with Crippen LogP contribution < -0.4 is 0 Å². The van der Waals surface area contributed by atoms with Gasteiger partial charge in [-0.1, -0.05) is 6.07 Å². The molecule has 1 aromatic carbocycles.